The van der Waals surface area contributed by atoms with Crippen LogP contribution in [-0.4, -0.2) is 12.4 Å². The van der Waals surface area contributed by atoms with Gasteiger partial charge in [0.1, 0.15) is 0 Å². The molecule has 0 unspecified atom stereocenters. The van der Waals surface area contributed by atoms with Gasteiger partial charge < -0.3 is 0 Å². The summed E-state index contributed by atoms with van der Waals surface area (Å²) in [6.07, 6.45) is -9.93. The molecule has 0 saturated carbocycles. The Hall–Kier alpha value is -1.86. The van der Waals surface area contributed by atoms with Gasteiger partial charge in [0, 0.05) is 0 Å². The fourth-order valence-corrected chi connectivity index (χ4v) is 1.14. The molecule has 0 aromatic heterocycles. The molecule has 0 nitrogen and oxygen atoms in total. The lowest BCUT2D eigenvalue weighted by molar-refractivity contribution is -0.108. The van der Waals surface area contributed by atoms with Crippen molar-refractivity contribution in [2.24, 2.45) is 0 Å². The lowest BCUT2D eigenvalue weighted by atomic mass is 10.1. The van der Waals surface area contributed by atoms with Crippen LogP contribution in [-0.2, 0) is 0 Å². The van der Waals surface area contributed by atoms with E-state index < -0.39 is 24.0 Å². The van der Waals surface area contributed by atoms with Crippen LogP contribution in [0.1, 0.15) is 11.1 Å². The highest BCUT2D eigenvalue weighted by Gasteiger charge is 2.35. The quantitative estimate of drug-likeness (QED) is 0.639. The van der Waals surface area contributed by atoms with Crippen LogP contribution in [0, 0.1) is 0 Å². The summed E-state index contributed by atoms with van der Waals surface area (Å²) < 4.78 is 96.5. The molecule has 110 valence electrons. The lowest BCUT2D eigenvalue weighted by Gasteiger charge is -2.04. The summed E-state index contributed by atoms with van der Waals surface area (Å²) in [6, 6.07) is 3.73. The number of hydrogen-bond donors (Lipinski definition) is 0. The molecule has 0 N–H and O–H groups in total. The predicted octanol–water partition coefficient (Wildman–Crippen LogP) is 5.43. The zero-order valence-corrected chi connectivity index (χ0v) is 9.49. The van der Waals surface area contributed by atoms with E-state index in [1.165, 1.54) is 0 Å². The molecule has 0 bridgehead atoms. The zero-order valence-electron chi connectivity index (χ0n) is 9.49. The normalized spacial score (nSPS) is 14.6. The largest absolute Gasteiger partial charge is 0.442 e. The van der Waals surface area contributed by atoms with E-state index in [0.717, 1.165) is 24.3 Å². The average Bonchev–Trinajstić information content (AvgIpc) is 2.29. The fraction of sp³-hybridized carbons (Fsp3) is 0.167. The third kappa shape index (κ3) is 4.67. The first-order chi connectivity index (χ1) is 9.00. The molecule has 0 amide bonds. The molecule has 0 fully saturated rings. The monoisotopic (exact) mass is 302 g/mol. The van der Waals surface area contributed by atoms with Gasteiger partial charge in [-0.1, -0.05) is 24.3 Å². The van der Waals surface area contributed by atoms with E-state index >= 15 is 0 Å². The van der Waals surface area contributed by atoms with Gasteiger partial charge in [-0.25, -0.2) is 8.78 Å². The maximum atomic E-state index is 12.6. The molecule has 0 spiro atoms. The summed E-state index contributed by atoms with van der Waals surface area (Å²) in [5.41, 5.74) is -0.436. The Balaban J connectivity index is 2.96. The molecule has 1 rings (SSSR count). The molecular weight excluding hydrogens is 296 g/mol. The lowest BCUT2D eigenvalue weighted by Crippen LogP contribution is -2.07. The van der Waals surface area contributed by atoms with Crippen molar-refractivity contribution in [3.8, 4) is 0 Å². The first kappa shape index (κ1) is 16.2. The van der Waals surface area contributed by atoms with Crippen LogP contribution in [0.5, 0.6) is 0 Å². The van der Waals surface area contributed by atoms with Crippen LogP contribution < -0.4 is 0 Å². The second kappa shape index (κ2) is 5.64. The summed E-state index contributed by atoms with van der Waals surface area (Å²) in [5, 5.41) is 0. The van der Waals surface area contributed by atoms with Crippen molar-refractivity contribution in [3.63, 3.8) is 0 Å². The van der Waals surface area contributed by atoms with Crippen molar-refractivity contribution in [3.05, 3.63) is 47.0 Å². The van der Waals surface area contributed by atoms with Crippen LogP contribution in [0.2, 0.25) is 0 Å². The number of alkyl halides is 6. The van der Waals surface area contributed by atoms with E-state index in [9.17, 15) is 35.1 Å². The molecule has 0 saturated heterocycles. The second-order valence-corrected chi connectivity index (χ2v) is 3.65. The average molecular weight is 302 g/mol. The van der Waals surface area contributed by atoms with E-state index in [1.54, 1.807) is 0 Å². The van der Waals surface area contributed by atoms with Gasteiger partial charge in [-0.05, 0) is 23.3 Å². The smallest absolute Gasteiger partial charge is 0.202 e. The topological polar surface area (TPSA) is 0 Å². The summed E-state index contributed by atoms with van der Waals surface area (Å²) in [6.45, 7) is 0. The highest BCUT2D eigenvalue weighted by Crippen LogP contribution is 2.30. The second-order valence-electron chi connectivity index (χ2n) is 3.65. The molecule has 1 aromatic carbocycles. The van der Waals surface area contributed by atoms with Crippen LogP contribution >= 0.6 is 0 Å². The van der Waals surface area contributed by atoms with Gasteiger partial charge in [-0.3, -0.25) is 0 Å². The molecule has 0 aliphatic rings. The van der Waals surface area contributed by atoms with Crippen molar-refractivity contribution in [1.82, 2.24) is 0 Å². The SMILES string of the molecule is F/C(=C\c1ccc(/C=C(/F)C(F)(F)F)cc1)C(F)(F)F. The number of halogens is 8. The molecule has 1 aromatic rings. The number of allylic oxidation sites excluding steroid dienone is 2. The Morgan fingerprint density at radius 3 is 1.10 bits per heavy atom. The Morgan fingerprint density at radius 2 is 0.900 bits per heavy atom. The van der Waals surface area contributed by atoms with E-state index in [4.69, 9.17) is 0 Å². The Bertz CT molecular complexity index is 467. The maximum Gasteiger partial charge on any atom is 0.442 e. The van der Waals surface area contributed by atoms with Crippen molar-refractivity contribution < 1.29 is 35.1 Å². The van der Waals surface area contributed by atoms with E-state index in [1.807, 2.05) is 0 Å². The molecule has 20 heavy (non-hydrogen) atoms. The molecular formula is C12H6F8. The number of rotatable bonds is 2. The highest BCUT2D eigenvalue weighted by atomic mass is 19.4. The van der Waals surface area contributed by atoms with Gasteiger partial charge in [0.05, 0.1) is 0 Å². The standard InChI is InChI=1S/C12H6F8/c13-9(11(15,16)17)5-7-1-2-8(4-3-7)6-10(14)12(18,19)20/h1-6H/b9-5-,10-6+. The minimum Gasteiger partial charge on any atom is -0.202 e. The first-order valence-electron chi connectivity index (χ1n) is 4.99. The third-order valence-electron chi connectivity index (χ3n) is 2.06. The van der Waals surface area contributed by atoms with Crippen molar-refractivity contribution in [1.29, 1.82) is 0 Å². The molecule has 0 aliphatic carbocycles. The Kier molecular flexibility index (Phi) is 4.57. The van der Waals surface area contributed by atoms with E-state index in [2.05, 4.69) is 0 Å². The van der Waals surface area contributed by atoms with E-state index in [-0.39, 0.29) is 23.3 Å². The van der Waals surface area contributed by atoms with Crippen molar-refractivity contribution in [2.75, 3.05) is 0 Å². The molecule has 8 heteroatoms. The van der Waals surface area contributed by atoms with Crippen LogP contribution in [0.4, 0.5) is 35.1 Å². The van der Waals surface area contributed by atoms with Crippen LogP contribution in [0.3, 0.4) is 0 Å². The number of hydrogen-bond acceptors (Lipinski definition) is 0. The van der Waals surface area contributed by atoms with E-state index in [0.29, 0.717) is 0 Å². The minimum absolute atomic E-state index is 0.174. The maximum absolute atomic E-state index is 12.6. The summed E-state index contributed by atoms with van der Waals surface area (Å²) in [4.78, 5) is 0. The predicted molar refractivity (Wildman–Crippen MR) is 56.7 cm³/mol. The Morgan fingerprint density at radius 1 is 0.650 bits per heavy atom. The van der Waals surface area contributed by atoms with Crippen molar-refractivity contribution in [2.45, 2.75) is 12.4 Å². The first-order valence-corrected chi connectivity index (χ1v) is 4.99. The Labute approximate surface area is 108 Å². The fourth-order valence-electron chi connectivity index (χ4n) is 1.14. The van der Waals surface area contributed by atoms with Gasteiger partial charge in [-0.15, -0.1) is 0 Å². The minimum atomic E-state index is -5.14. The summed E-state index contributed by atoms with van der Waals surface area (Å²) in [5.74, 6) is -4.69. The third-order valence-corrected chi connectivity index (χ3v) is 2.06. The van der Waals surface area contributed by atoms with Gasteiger partial charge in [0.15, 0.2) is 0 Å². The van der Waals surface area contributed by atoms with Gasteiger partial charge in [-0.2, -0.15) is 26.3 Å². The van der Waals surface area contributed by atoms with Gasteiger partial charge >= 0.3 is 12.4 Å². The zero-order chi connectivity index (χ0) is 15.6. The van der Waals surface area contributed by atoms with Crippen LogP contribution in [0.25, 0.3) is 12.2 Å². The van der Waals surface area contributed by atoms with Crippen molar-refractivity contribution >= 4 is 12.2 Å². The van der Waals surface area contributed by atoms with Gasteiger partial charge in [0.25, 0.3) is 0 Å². The number of benzene rings is 1. The molecule has 0 aliphatic heterocycles. The van der Waals surface area contributed by atoms with Crippen LogP contribution in [0.15, 0.2) is 35.9 Å². The highest BCUT2D eigenvalue weighted by molar-refractivity contribution is 5.58. The summed E-state index contributed by atoms with van der Waals surface area (Å²) in [7, 11) is 0. The molecule has 0 heterocycles. The molecule has 0 atom stereocenters. The van der Waals surface area contributed by atoms with Gasteiger partial charge in [0.2, 0.25) is 11.7 Å². The summed E-state index contributed by atoms with van der Waals surface area (Å²) >= 11 is 0. The molecule has 0 radical (unpaired) electrons.